The number of halogens is 2. The molecular weight excluding hydrogens is 203 g/mol. The van der Waals surface area contributed by atoms with E-state index < -0.39 is 29.8 Å². The van der Waals surface area contributed by atoms with Gasteiger partial charge in [0.2, 0.25) is 0 Å². The van der Waals surface area contributed by atoms with Gasteiger partial charge in [0, 0.05) is 19.0 Å². The Balaban J connectivity index is 2.76. The summed E-state index contributed by atoms with van der Waals surface area (Å²) in [5.74, 6) is -4.43. The van der Waals surface area contributed by atoms with Gasteiger partial charge in [0.05, 0.1) is 6.04 Å². The van der Waals surface area contributed by atoms with Crippen molar-refractivity contribution < 1.29 is 18.7 Å². The maximum absolute atomic E-state index is 13.0. The number of likely N-dealkylation sites (tertiary alicyclic amines) is 1. The Kier molecular flexibility index (Phi) is 2.91. The van der Waals surface area contributed by atoms with E-state index in [1.165, 1.54) is 19.2 Å². The van der Waals surface area contributed by atoms with Crippen molar-refractivity contribution in [3.05, 3.63) is 12.2 Å². The maximum Gasteiger partial charge on any atom is 0.327 e. The van der Waals surface area contributed by atoms with Crippen molar-refractivity contribution in [1.29, 1.82) is 0 Å². The van der Waals surface area contributed by atoms with Crippen LogP contribution in [-0.2, 0) is 4.79 Å². The van der Waals surface area contributed by atoms with E-state index >= 15 is 0 Å². The normalized spacial score (nSPS) is 29.8. The van der Waals surface area contributed by atoms with Gasteiger partial charge in [0.1, 0.15) is 7.85 Å². The molecular formula is C9H14BF2NO2. The maximum atomic E-state index is 13.0. The van der Waals surface area contributed by atoms with Crippen LogP contribution >= 0.6 is 0 Å². The summed E-state index contributed by atoms with van der Waals surface area (Å²) in [5.41, 5.74) is -1.05. The second-order valence-electron chi connectivity index (χ2n) is 4.40. The molecule has 0 radical (unpaired) electrons. The fraction of sp³-hybridized carbons (Fsp3) is 0.667. The molecule has 1 rings (SSSR count). The average Bonchev–Trinajstić information content (AvgIpc) is 2.25. The molecule has 0 spiro atoms. The first-order valence-corrected chi connectivity index (χ1v) is 4.70. The Labute approximate surface area is 88.2 Å². The van der Waals surface area contributed by atoms with Crippen molar-refractivity contribution in [2.75, 3.05) is 7.05 Å². The summed E-state index contributed by atoms with van der Waals surface area (Å²) >= 11 is 0. The lowest BCUT2D eigenvalue weighted by Gasteiger charge is -2.17. The average molecular weight is 217 g/mol. The van der Waals surface area contributed by atoms with Gasteiger partial charge in [0.15, 0.2) is 0 Å². The molecule has 84 valence electrons. The van der Waals surface area contributed by atoms with Gasteiger partial charge in [-0.25, -0.2) is 0 Å². The molecule has 0 aromatic carbocycles. The van der Waals surface area contributed by atoms with Crippen LogP contribution in [0, 0.1) is 0 Å². The number of alkyl halides is 2. The minimum atomic E-state index is -3.27. The molecule has 1 saturated heterocycles. The summed E-state index contributed by atoms with van der Waals surface area (Å²) in [5, 5.41) is 9.38. The van der Waals surface area contributed by atoms with Crippen molar-refractivity contribution in [3.63, 3.8) is 0 Å². The lowest BCUT2D eigenvalue weighted by Crippen LogP contribution is -2.32. The zero-order chi connectivity index (χ0) is 11.9. The third-order valence-corrected chi connectivity index (χ3v) is 2.32. The van der Waals surface area contributed by atoms with Gasteiger partial charge < -0.3 is 10.0 Å². The molecule has 1 aliphatic rings. The molecule has 1 N–H and O–H groups in total. The topological polar surface area (TPSA) is 40.5 Å². The van der Waals surface area contributed by atoms with Crippen LogP contribution < -0.4 is 0 Å². The lowest BCUT2D eigenvalue weighted by atomic mass is 9.83. The van der Waals surface area contributed by atoms with E-state index in [-0.39, 0.29) is 0 Å². The molecule has 1 aliphatic heterocycles. The molecule has 15 heavy (non-hydrogen) atoms. The summed E-state index contributed by atoms with van der Waals surface area (Å²) in [7, 11) is 2.88. The molecule has 1 heterocycles. The highest BCUT2D eigenvalue weighted by Gasteiger charge is 2.51. The van der Waals surface area contributed by atoms with Gasteiger partial charge in [0.25, 0.3) is 5.91 Å². The van der Waals surface area contributed by atoms with Crippen molar-refractivity contribution in [2.45, 2.75) is 30.8 Å². The van der Waals surface area contributed by atoms with Crippen molar-refractivity contribution in [2.24, 2.45) is 0 Å². The van der Waals surface area contributed by atoms with Gasteiger partial charge in [-0.2, -0.15) is 8.78 Å². The van der Waals surface area contributed by atoms with Crippen LogP contribution in [0.3, 0.4) is 0 Å². The zero-order valence-corrected chi connectivity index (χ0v) is 9.00. The van der Waals surface area contributed by atoms with E-state index in [4.69, 9.17) is 0 Å². The summed E-state index contributed by atoms with van der Waals surface area (Å²) in [6.07, 6.45) is 2.34. The number of carbonyl (C=O) groups excluding carboxylic acids is 1. The summed E-state index contributed by atoms with van der Waals surface area (Å²) in [4.78, 5) is 12.0. The Morgan fingerprint density at radius 1 is 1.73 bits per heavy atom. The van der Waals surface area contributed by atoms with E-state index in [0.717, 1.165) is 4.90 Å². The number of amides is 1. The first-order valence-electron chi connectivity index (χ1n) is 4.70. The zero-order valence-electron chi connectivity index (χ0n) is 9.00. The van der Waals surface area contributed by atoms with Gasteiger partial charge in [-0.05, 0) is 6.92 Å². The van der Waals surface area contributed by atoms with Gasteiger partial charge in [-0.15, -0.1) is 0 Å². The lowest BCUT2D eigenvalue weighted by molar-refractivity contribution is -0.146. The van der Waals surface area contributed by atoms with Crippen LogP contribution in [0.5, 0.6) is 0 Å². The van der Waals surface area contributed by atoms with Gasteiger partial charge >= 0.3 is 5.92 Å². The molecule has 0 aliphatic carbocycles. The van der Waals surface area contributed by atoms with E-state index in [2.05, 4.69) is 0 Å². The van der Waals surface area contributed by atoms with E-state index in [1.54, 1.807) is 14.8 Å². The van der Waals surface area contributed by atoms with E-state index in [0.29, 0.717) is 0 Å². The summed E-state index contributed by atoms with van der Waals surface area (Å²) in [6, 6.07) is -0.640. The fourth-order valence-electron chi connectivity index (χ4n) is 1.44. The van der Waals surface area contributed by atoms with Crippen molar-refractivity contribution >= 4 is 13.8 Å². The Hall–Kier alpha value is -0.905. The number of nitrogens with zero attached hydrogens (tertiary/aromatic N) is 1. The number of hydrogen-bond donors (Lipinski definition) is 1. The standard InChI is InChI=1S/C9H14BF2NO2/c1-8(10,15)4-3-6-5-9(11,12)7(14)13(6)2/h3-4,6,15H,5,10H2,1-2H3/b4-3+/t6-,8-/m0/s1. The fourth-order valence-corrected chi connectivity index (χ4v) is 1.44. The highest BCUT2D eigenvalue weighted by molar-refractivity contribution is 6.15. The molecule has 0 saturated carbocycles. The summed E-state index contributed by atoms with van der Waals surface area (Å²) < 4.78 is 25.9. The highest BCUT2D eigenvalue weighted by atomic mass is 19.3. The smallest absolute Gasteiger partial charge is 0.327 e. The van der Waals surface area contributed by atoms with Crippen LogP contribution in [0.25, 0.3) is 0 Å². The Morgan fingerprint density at radius 3 is 2.60 bits per heavy atom. The van der Waals surface area contributed by atoms with Gasteiger partial charge in [-0.3, -0.25) is 4.79 Å². The highest BCUT2D eigenvalue weighted by Crippen LogP contribution is 2.32. The number of aliphatic hydroxyl groups is 1. The van der Waals surface area contributed by atoms with E-state index in [9.17, 15) is 18.7 Å². The largest absolute Gasteiger partial charge is 0.395 e. The third kappa shape index (κ3) is 2.78. The molecule has 0 aromatic rings. The minimum absolute atomic E-state index is 0.519. The van der Waals surface area contributed by atoms with Gasteiger partial charge in [-0.1, -0.05) is 12.2 Å². The molecule has 1 amide bonds. The quantitative estimate of drug-likeness (QED) is 0.511. The predicted octanol–water partition coefficient (Wildman–Crippen LogP) is -0.250. The SMILES string of the molecule is B[C@@](C)(O)/C=C/[C@H]1CC(F)(F)C(=O)N1C. The molecule has 3 nitrogen and oxygen atoms in total. The van der Waals surface area contributed by atoms with Crippen LogP contribution in [0.15, 0.2) is 12.2 Å². The van der Waals surface area contributed by atoms with Crippen LogP contribution in [-0.4, -0.2) is 48.3 Å². The minimum Gasteiger partial charge on any atom is -0.395 e. The van der Waals surface area contributed by atoms with Crippen LogP contribution in [0.2, 0.25) is 0 Å². The van der Waals surface area contributed by atoms with E-state index in [1.807, 2.05) is 0 Å². The molecule has 0 bridgehead atoms. The Morgan fingerprint density at radius 2 is 2.27 bits per heavy atom. The van der Waals surface area contributed by atoms with Crippen molar-refractivity contribution in [1.82, 2.24) is 4.90 Å². The molecule has 0 unspecified atom stereocenters. The number of carbonyl (C=O) groups is 1. The number of rotatable bonds is 2. The van der Waals surface area contributed by atoms with Crippen LogP contribution in [0.1, 0.15) is 13.3 Å². The molecule has 0 aromatic heterocycles. The monoisotopic (exact) mass is 217 g/mol. The first-order chi connectivity index (χ1) is 6.63. The third-order valence-electron chi connectivity index (χ3n) is 2.32. The number of likely N-dealkylation sites (N-methyl/N-ethyl adjacent to an activating group) is 1. The van der Waals surface area contributed by atoms with Crippen molar-refractivity contribution in [3.8, 4) is 0 Å². The second-order valence-corrected chi connectivity index (χ2v) is 4.40. The molecule has 2 atom stereocenters. The summed E-state index contributed by atoms with van der Waals surface area (Å²) in [6.45, 7) is 1.54. The molecule has 1 fully saturated rings. The number of hydrogen-bond acceptors (Lipinski definition) is 2. The Bertz CT molecular complexity index is 299. The second kappa shape index (κ2) is 3.59. The predicted molar refractivity (Wildman–Crippen MR) is 54.4 cm³/mol. The first kappa shape index (κ1) is 12.2. The molecule has 6 heteroatoms. The van der Waals surface area contributed by atoms with Crippen LogP contribution in [0.4, 0.5) is 8.78 Å².